The summed E-state index contributed by atoms with van der Waals surface area (Å²) in [4.78, 5) is 22.2. The lowest BCUT2D eigenvalue weighted by atomic mass is 10.0. The molecular formula is C11H11BrO5. The summed E-state index contributed by atoms with van der Waals surface area (Å²) in [5.41, 5.74) is 0.401. The van der Waals surface area contributed by atoms with Crippen molar-refractivity contribution in [1.82, 2.24) is 0 Å². The number of aryl methyl sites for hydroxylation is 1. The molecule has 0 bridgehead atoms. The largest absolute Gasteiger partial charge is 0.504 e. The maximum atomic E-state index is 11.5. The number of carbonyl (C=O) groups is 2. The molecule has 1 aromatic rings. The summed E-state index contributed by atoms with van der Waals surface area (Å²) in [7, 11) is 1.33. The first kappa shape index (κ1) is 13.5. The number of phenolic OH excluding ortho intramolecular Hbond substituents is 1. The molecule has 0 unspecified atom stereocenters. The van der Waals surface area contributed by atoms with Crippen LogP contribution in [0.4, 0.5) is 0 Å². The van der Waals surface area contributed by atoms with Crippen molar-refractivity contribution in [3.8, 4) is 11.5 Å². The number of carboxylic acids is 1. The molecule has 0 saturated carbocycles. The van der Waals surface area contributed by atoms with Crippen molar-refractivity contribution in [2.24, 2.45) is 0 Å². The lowest BCUT2D eigenvalue weighted by molar-refractivity contribution is -0.131. The van der Waals surface area contributed by atoms with Crippen LogP contribution in [0.15, 0.2) is 10.5 Å². The van der Waals surface area contributed by atoms with Gasteiger partial charge in [0.05, 0.1) is 12.7 Å². The Morgan fingerprint density at radius 2 is 2.06 bits per heavy atom. The first-order valence-electron chi connectivity index (χ1n) is 4.79. The van der Waals surface area contributed by atoms with Crippen molar-refractivity contribution in [2.75, 3.05) is 7.11 Å². The van der Waals surface area contributed by atoms with Gasteiger partial charge in [0.15, 0.2) is 11.5 Å². The number of halogens is 1. The average molecular weight is 303 g/mol. The van der Waals surface area contributed by atoms with Crippen LogP contribution in [0.5, 0.6) is 11.5 Å². The van der Waals surface area contributed by atoms with Gasteiger partial charge in [-0.05, 0) is 34.0 Å². The molecule has 0 aliphatic carbocycles. The molecule has 17 heavy (non-hydrogen) atoms. The number of ketones is 1. The summed E-state index contributed by atoms with van der Waals surface area (Å²) in [5, 5.41) is 18.5. The van der Waals surface area contributed by atoms with Gasteiger partial charge in [-0.1, -0.05) is 6.92 Å². The molecule has 92 valence electrons. The SMILES string of the molecule is CCc1cc(OC)c(O)c(C(=O)C(=O)O)c1Br. The van der Waals surface area contributed by atoms with Crippen LogP contribution in [0.25, 0.3) is 0 Å². The highest BCUT2D eigenvalue weighted by Gasteiger charge is 2.26. The summed E-state index contributed by atoms with van der Waals surface area (Å²) in [6, 6.07) is 1.55. The zero-order valence-corrected chi connectivity index (χ0v) is 10.9. The molecule has 1 aromatic carbocycles. The van der Waals surface area contributed by atoms with E-state index in [1.807, 2.05) is 6.92 Å². The van der Waals surface area contributed by atoms with Gasteiger partial charge >= 0.3 is 5.97 Å². The molecule has 0 aliphatic rings. The van der Waals surface area contributed by atoms with Crippen LogP contribution < -0.4 is 4.74 Å². The Labute approximate surface area is 106 Å². The zero-order chi connectivity index (χ0) is 13.2. The molecular weight excluding hydrogens is 292 g/mol. The second-order valence-electron chi connectivity index (χ2n) is 3.26. The third-order valence-corrected chi connectivity index (χ3v) is 3.20. The van der Waals surface area contributed by atoms with Crippen molar-refractivity contribution in [3.63, 3.8) is 0 Å². The second kappa shape index (κ2) is 5.18. The van der Waals surface area contributed by atoms with Gasteiger partial charge in [0.1, 0.15) is 0 Å². The number of hydrogen-bond acceptors (Lipinski definition) is 4. The van der Waals surface area contributed by atoms with E-state index in [-0.39, 0.29) is 15.8 Å². The molecule has 0 atom stereocenters. The van der Waals surface area contributed by atoms with Gasteiger partial charge < -0.3 is 14.9 Å². The molecule has 0 heterocycles. The number of hydrogen-bond donors (Lipinski definition) is 2. The number of phenols is 1. The van der Waals surface area contributed by atoms with E-state index in [9.17, 15) is 14.7 Å². The Balaban J connectivity index is 3.56. The Hall–Kier alpha value is -1.56. The van der Waals surface area contributed by atoms with Gasteiger partial charge in [-0.3, -0.25) is 4.79 Å². The number of carbonyl (C=O) groups excluding carboxylic acids is 1. The monoisotopic (exact) mass is 302 g/mol. The van der Waals surface area contributed by atoms with E-state index >= 15 is 0 Å². The molecule has 0 aliphatic heterocycles. The molecule has 0 spiro atoms. The smallest absolute Gasteiger partial charge is 0.377 e. The van der Waals surface area contributed by atoms with Gasteiger partial charge in [0, 0.05) is 4.47 Å². The Morgan fingerprint density at radius 3 is 2.47 bits per heavy atom. The molecule has 1 rings (SSSR count). The summed E-state index contributed by atoms with van der Waals surface area (Å²) in [6.45, 7) is 1.84. The van der Waals surface area contributed by atoms with Crippen LogP contribution in [0.3, 0.4) is 0 Å². The van der Waals surface area contributed by atoms with Crippen LogP contribution in [0, 0.1) is 0 Å². The molecule has 0 saturated heterocycles. The predicted molar refractivity (Wildman–Crippen MR) is 63.7 cm³/mol. The fourth-order valence-corrected chi connectivity index (χ4v) is 2.17. The van der Waals surface area contributed by atoms with E-state index < -0.39 is 17.5 Å². The van der Waals surface area contributed by atoms with E-state index in [0.717, 1.165) is 0 Å². The normalized spacial score (nSPS) is 10.1. The van der Waals surface area contributed by atoms with E-state index in [1.165, 1.54) is 7.11 Å². The fraction of sp³-hybridized carbons (Fsp3) is 0.273. The van der Waals surface area contributed by atoms with Crippen molar-refractivity contribution in [1.29, 1.82) is 0 Å². The van der Waals surface area contributed by atoms with E-state index in [2.05, 4.69) is 15.9 Å². The molecule has 0 amide bonds. The molecule has 2 N–H and O–H groups in total. The van der Waals surface area contributed by atoms with Crippen molar-refractivity contribution < 1.29 is 24.5 Å². The highest BCUT2D eigenvalue weighted by atomic mass is 79.9. The lowest BCUT2D eigenvalue weighted by Gasteiger charge is -2.12. The Morgan fingerprint density at radius 1 is 1.47 bits per heavy atom. The van der Waals surface area contributed by atoms with Gasteiger partial charge in [0.2, 0.25) is 0 Å². The van der Waals surface area contributed by atoms with Crippen LogP contribution >= 0.6 is 15.9 Å². The maximum Gasteiger partial charge on any atom is 0.377 e. The van der Waals surface area contributed by atoms with Crippen molar-refractivity contribution in [3.05, 3.63) is 21.7 Å². The van der Waals surface area contributed by atoms with Crippen molar-refractivity contribution in [2.45, 2.75) is 13.3 Å². The average Bonchev–Trinajstić information content (AvgIpc) is 2.29. The zero-order valence-electron chi connectivity index (χ0n) is 9.28. The second-order valence-corrected chi connectivity index (χ2v) is 4.06. The first-order valence-corrected chi connectivity index (χ1v) is 5.59. The third-order valence-electron chi connectivity index (χ3n) is 2.30. The Kier molecular flexibility index (Phi) is 4.11. The van der Waals surface area contributed by atoms with Crippen LogP contribution in [-0.4, -0.2) is 29.1 Å². The number of aromatic hydroxyl groups is 1. The molecule has 5 nitrogen and oxygen atoms in total. The summed E-state index contributed by atoms with van der Waals surface area (Å²) in [5.74, 6) is -3.20. The molecule has 0 aromatic heterocycles. The summed E-state index contributed by atoms with van der Waals surface area (Å²) in [6.07, 6.45) is 0.567. The minimum Gasteiger partial charge on any atom is -0.504 e. The van der Waals surface area contributed by atoms with Crippen LogP contribution in [-0.2, 0) is 11.2 Å². The molecule has 6 heteroatoms. The topological polar surface area (TPSA) is 83.8 Å². The quantitative estimate of drug-likeness (QED) is 0.656. The molecule has 0 radical (unpaired) electrons. The highest BCUT2D eigenvalue weighted by Crippen LogP contribution is 2.38. The van der Waals surface area contributed by atoms with E-state index in [0.29, 0.717) is 12.0 Å². The lowest BCUT2D eigenvalue weighted by Crippen LogP contribution is -2.14. The van der Waals surface area contributed by atoms with Gasteiger partial charge in [-0.2, -0.15) is 0 Å². The number of methoxy groups -OCH3 is 1. The minimum absolute atomic E-state index is 0.0784. The predicted octanol–water partition coefficient (Wildman–Crippen LogP) is 1.99. The fourth-order valence-electron chi connectivity index (χ4n) is 1.40. The highest BCUT2D eigenvalue weighted by molar-refractivity contribution is 9.10. The van der Waals surface area contributed by atoms with Gasteiger partial charge in [-0.15, -0.1) is 0 Å². The van der Waals surface area contributed by atoms with Gasteiger partial charge in [-0.25, -0.2) is 4.79 Å². The minimum atomic E-state index is -1.63. The van der Waals surface area contributed by atoms with Crippen LogP contribution in [0.1, 0.15) is 22.8 Å². The van der Waals surface area contributed by atoms with E-state index in [4.69, 9.17) is 9.84 Å². The number of benzene rings is 1. The van der Waals surface area contributed by atoms with Crippen LogP contribution in [0.2, 0.25) is 0 Å². The molecule has 0 fully saturated rings. The first-order chi connectivity index (χ1) is 7.93. The van der Waals surface area contributed by atoms with Crippen molar-refractivity contribution >= 4 is 27.7 Å². The Bertz CT molecular complexity index is 453. The number of aliphatic carboxylic acids is 1. The standard InChI is InChI=1S/C11H11BrO5/c1-3-5-4-6(17-2)9(13)7(8(5)12)10(14)11(15)16/h4,13H,3H2,1-2H3,(H,15,16). The number of rotatable bonds is 4. The van der Waals surface area contributed by atoms with Gasteiger partial charge in [0.25, 0.3) is 5.78 Å². The number of ether oxygens (including phenoxy) is 1. The third kappa shape index (κ3) is 2.41. The number of carboxylic acid groups (broad SMARTS) is 1. The number of Topliss-reactive ketones (excluding diaryl/α,β-unsaturated/α-hetero) is 1. The summed E-state index contributed by atoms with van der Waals surface area (Å²) < 4.78 is 5.18. The maximum absolute atomic E-state index is 11.5. The van der Waals surface area contributed by atoms with E-state index in [1.54, 1.807) is 6.07 Å². The summed E-state index contributed by atoms with van der Waals surface area (Å²) >= 11 is 3.12.